The van der Waals surface area contributed by atoms with Crippen molar-refractivity contribution in [3.05, 3.63) is 65.5 Å². The van der Waals surface area contributed by atoms with E-state index in [1.807, 2.05) is 19.1 Å². The summed E-state index contributed by atoms with van der Waals surface area (Å²) in [5, 5.41) is 0. The van der Waals surface area contributed by atoms with Crippen LogP contribution in [0.25, 0.3) is 0 Å². The van der Waals surface area contributed by atoms with Crippen LogP contribution in [0.3, 0.4) is 0 Å². The highest BCUT2D eigenvalue weighted by atomic mass is 32.2. The van der Waals surface area contributed by atoms with Crippen molar-refractivity contribution in [1.29, 1.82) is 0 Å². The summed E-state index contributed by atoms with van der Waals surface area (Å²) in [6.07, 6.45) is 0. The lowest BCUT2D eigenvalue weighted by molar-refractivity contribution is 0.113. The van der Waals surface area contributed by atoms with E-state index in [1.54, 1.807) is 0 Å². The van der Waals surface area contributed by atoms with Gasteiger partial charge in [-0.25, -0.2) is 17.5 Å². The fraction of sp³-hybridized carbons (Fsp3) is 0.400. The molecule has 0 spiro atoms. The first-order valence-corrected chi connectivity index (χ1v) is 10.6. The molecule has 0 aromatic heterocycles. The molecule has 0 unspecified atom stereocenters. The van der Waals surface area contributed by atoms with Gasteiger partial charge in [-0.2, -0.15) is 0 Å². The Kier molecular flexibility index (Phi) is 6.26. The molecule has 1 aliphatic rings. The quantitative estimate of drug-likeness (QED) is 0.822. The zero-order valence-corrected chi connectivity index (χ0v) is 16.5. The smallest absolute Gasteiger partial charge is 0.240 e. The summed E-state index contributed by atoms with van der Waals surface area (Å²) in [5.74, 6) is -0.455. The molecule has 1 atom stereocenters. The van der Waals surface area contributed by atoms with Crippen LogP contribution in [0.4, 0.5) is 4.39 Å². The Morgan fingerprint density at radius 2 is 1.59 bits per heavy atom. The van der Waals surface area contributed by atoms with Gasteiger partial charge in [0, 0.05) is 38.8 Å². The Balaban J connectivity index is 1.78. The molecule has 0 amide bonds. The van der Waals surface area contributed by atoms with Crippen LogP contribution >= 0.6 is 0 Å². The zero-order valence-electron chi connectivity index (χ0n) is 15.7. The molecule has 0 aliphatic carbocycles. The summed E-state index contributed by atoms with van der Waals surface area (Å²) >= 11 is 0. The van der Waals surface area contributed by atoms with Crippen molar-refractivity contribution in [2.24, 2.45) is 0 Å². The lowest BCUT2D eigenvalue weighted by Crippen LogP contribution is -2.48. The Bertz CT molecular complexity index is 846. The van der Waals surface area contributed by atoms with Gasteiger partial charge >= 0.3 is 0 Å². The molecule has 146 valence electrons. The van der Waals surface area contributed by atoms with Crippen molar-refractivity contribution in [2.75, 3.05) is 39.8 Å². The van der Waals surface area contributed by atoms with Crippen LogP contribution in [0.5, 0.6) is 0 Å². The van der Waals surface area contributed by atoms with Crippen LogP contribution in [-0.2, 0) is 10.0 Å². The van der Waals surface area contributed by atoms with E-state index in [0.29, 0.717) is 0 Å². The van der Waals surface area contributed by atoms with Crippen molar-refractivity contribution in [1.82, 2.24) is 14.5 Å². The average molecular weight is 392 g/mol. The Morgan fingerprint density at radius 3 is 2.19 bits per heavy atom. The van der Waals surface area contributed by atoms with Crippen molar-refractivity contribution < 1.29 is 12.8 Å². The minimum atomic E-state index is -3.69. The number of sulfonamides is 1. The molecule has 1 saturated heterocycles. The number of aryl methyl sites for hydroxylation is 1. The molecule has 0 saturated carbocycles. The van der Waals surface area contributed by atoms with E-state index in [4.69, 9.17) is 0 Å². The largest absolute Gasteiger partial charge is 0.304 e. The van der Waals surface area contributed by atoms with E-state index in [1.165, 1.54) is 17.7 Å². The second-order valence-electron chi connectivity index (χ2n) is 7.07. The van der Waals surface area contributed by atoms with Gasteiger partial charge in [0.1, 0.15) is 5.82 Å². The van der Waals surface area contributed by atoms with Crippen LogP contribution in [0.2, 0.25) is 0 Å². The molecular formula is C20H26FN3O2S. The molecule has 1 fully saturated rings. The van der Waals surface area contributed by atoms with Crippen molar-refractivity contribution in [3.8, 4) is 0 Å². The predicted molar refractivity (Wildman–Crippen MR) is 105 cm³/mol. The van der Waals surface area contributed by atoms with Gasteiger partial charge in [0.25, 0.3) is 0 Å². The third-order valence-corrected chi connectivity index (χ3v) is 6.47. The zero-order chi connectivity index (χ0) is 19.4. The van der Waals surface area contributed by atoms with Crippen molar-refractivity contribution >= 4 is 10.0 Å². The van der Waals surface area contributed by atoms with Gasteiger partial charge in [-0.3, -0.25) is 4.90 Å². The second kappa shape index (κ2) is 8.48. The number of hydrogen-bond acceptors (Lipinski definition) is 4. The van der Waals surface area contributed by atoms with Crippen LogP contribution in [0, 0.1) is 12.7 Å². The van der Waals surface area contributed by atoms with Gasteiger partial charge in [0.2, 0.25) is 10.0 Å². The Morgan fingerprint density at radius 1 is 1.00 bits per heavy atom. The average Bonchev–Trinajstić information content (AvgIpc) is 2.65. The number of rotatable bonds is 6. The maximum Gasteiger partial charge on any atom is 0.240 e. The van der Waals surface area contributed by atoms with E-state index in [9.17, 15) is 12.8 Å². The van der Waals surface area contributed by atoms with Gasteiger partial charge in [0.15, 0.2) is 0 Å². The van der Waals surface area contributed by atoms with E-state index in [2.05, 4.69) is 33.7 Å². The highest BCUT2D eigenvalue weighted by Gasteiger charge is 2.26. The number of halogens is 1. The molecule has 1 aliphatic heterocycles. The van der Waals surface area contributed by atoms with Crippen LogP contribution < -0.4 is 4.72 Å². The van der Waals surface area contributed by atoms with Gasteiger partial charge in [0.05, 0.1) is 4.90 Å². The molecule has 7 heteroatoms. The van der Waals surface area contributed by atoms with Gasteiger partial charge < -0.3 is 4.90 Å². The monoisotopic (exact) mass is 391 g/mol. The van der Waals surface area contributed by atoms with E-state index >= 15 is 0 Å². The first kappa shape index (κ1) is 19.9. The van der Waals surface area contributed by atoms with E-state index < -0.39 is 15.8 Å². The molecule has 0 radical (unpaired) electrons. The lowest BCUT2D eigenvalue weighted by Gasteiger charge is -2.38. The predicted octanol–water partition coefficient (Wildman–Crippen LogP) is 2.40. The summed E-state index contributed by atoms with van der Waals surface area (Å²) in [6, 6.07) is 13.1. The Hall–Kier alpha value is -1.80. The fourth-order valence-corrected chi connectivity index (χ4v) is 4.30. The number of piperazine rings is 1. The third-order valence-electron chi connectivity index (χ3n) is 5.03. The third kappa shape index (κ3) is 5.13. The number of likely N-dealkylation sites (N-methyl/N-ethyl adjacent to an activating group) is 1. The molecule has 1 heterocycles. The van der Waals surface area contributed by atoms with Gasteiger partial charge in [-0.1, -0.05) is 29.8 Å². The van der Waals surface area contributed by atoms with Crippen LogP contribution in [-0.4, -0.2) is 58.0 Å². The summed E-state index contributed by atoms with van der Waals surface area (Å²) in [7, 11) is -1.60. The second-order valence-corrected chi connectivity index (χ2v) is 8.84. The normalized spacial score (nSPS) is 17.7. The maximum absolute atomic E-state index is 13.1. The number of benzene rings is 2. The molecule has 2 aromatic rings. The molecular weight excluding hydrogens is 365 g/mol. The maximum atomic E-state index is 13.1. The summed E-state index contributed by atoms with van der Waals surface area (Å²) < 4.78 is 41.0. The first-order chi connectivity index (χ1) is 12.8. The van der Waals surface area contributed by atoms with Crippen LogP contribution in [0.1, 0.15) is 17.2 Å². The van der Waals surface area contributed by atoms with E-state index in [-0.39, 0.29) is 17.5 Å². The SMILES string of the molecule is Cc1ccc([C@@H](CNS(=O)(=O)c2ccc(F)cc2)N2CCN(C)CC2)cc1. The first-order valence-electron chi connectivity index (χ1n) is 9.09. The summed E-state index contributed by atoms with van der Waals surface area (Å²) in [4.78, 5) is 4.66. The van der Waals surface area contributed by atoms with Crippen LogP contribution in [0.15, 0.2) is 53.4 Å². The molecule has 3 rings (SSSR count). The molecule has 0 bridgehead atoms. The molecule has 5 nitrogen and oxygen atoms in total. The minimum absolute atomic E-state index is 0.0467. The summed E-state index contributed by atoms with van der Waals surface area (Å²) in [5.41, 5.74) is 2.26. The molecule has 1 N–H and O–H groups in total. The van der Waals surface area contributed by atoms with Gasteiger partial charge in [-0.05, 0) is 43.8 Å². The highest BCUT2D eigenvalue weighted by Crippen LogP contribution is 2.23. The number of nitrogens with zero attached hydrogens (tertiary/aromatic N) is 2. The van der Waals surface area contributed by atoms with E-state index in [0.717, 1.165) is 43.9 Å². The summed E-state index contributed by atoms with van der Waals surface area (Å²) in [6.45, 7) is 5.97. The van der Waals surface area contributed by atoms with Crippen molar-refractivity contribution in [2.45, 2.75) is 17.9 Å². The number of hydrogen-bond donors (Lipinski definition) is 1. The standard InChI is InChI=1S/C20H26FN3O2S/c1-16-3-5-17(6-4-16)20(24-13-11-23(2)12-14-24)15-22-27(25,26)19-9-7-18(21)8-10-19/h3-10,20,22H,11-15H2,1-2H3/t20-/m1/s1. The highest BCUT2D eigenvalue weighted by molar-refractivity contribution is 7.89. The number of nitrogens with one attached hydrogen (secondary N) is 1. The topological polar surface area (TPSA) is 52.7 Å². The molecule has 27 heavy (non-hydrogen) atoms. The lowest BCUT2D eigenvalue weighted by atomic mass is 10.0. The van der Waals surface area contributed by atoms with Gasteiger partial charge in [-0.15, -0.1) is 0 Å². The fourth-order valence-electron chi connectivity index (χ4n) is 3.27. The molecule has 2 aromatic carbocycles. The van der Waals surface area contributed by atoms with Crippen molar-refractivity contribution in [3.63, 3.8) is 0 Å². The Labute approximate surface area is 160 Å². The minimum Gasteiger partial charge on any atom is -0.304 e.